The van der Waals surface area contributed by atoms with Gasteiger partial charge in [-0.3, -0.25) is 4.40 Å². The number of halogens is 1. The van der Waals surface area contributed by atoms with E-state index < -0.39 is 5.97 Å². The van der Waals surface area contributed by atoms with Crippen molar-refractivity contribution in [3.05, 3.63) is 34.7 Å². The molecule has 88 valence electrons. The molecule has 2 aromatic heterocycles. The number of carboxylic acids is 1. The number of hydrogen-bond donors (Lipinski definition) is 1. The van der Waals surface area contributed by atoms with Crippen LogP contribution in [0.4, 0.5) is 0 Å². The summed E-state index contributed by atoms with van der Waals surface area (Å²) in [7, 11) is 0. The van der Waals surface area contributed by atoms with Crippen LogP contribution in [0.25, 0.3) is 5.65 Å². The standard InChI is InChI=1S/C12H11ClN2O2/c13-8-5-2-6-15-10(12(16)17)9(14-11(8)15)7-3-1-4-7/h2,5-7H,1,3-4H2,(H,16,17). The molecule has 0 aromatic carbocycles. The summed E-state index contributed by atoms with van der Waals surface area (Å²) in [6, 6.07) is 3.45. The minimum absolute atomic E-state index is 0.257. The van der Waals surface area contributed by atoms with Crippen LogP contribution in [-0.2, 0) is 0 Å². The van der Waals surface area contributed by atoms with Gasteiger partial charge < -0.3 is 5.11 Å². The van der Waals surface area contributed by atoms with Gasteiger partial charge in [-0.2, -0.15) is 0 Å². The lowest BCUT2D eigenvalue weighted by Gasteiger charge is -2.23. The number of carbonyl (C=O) groups is 1. The molecule has 1 aliphatic carbocycles. The second kappa shape index (κ2) is 3.74. The summed E-state index contributed by atoms with van der Waals surface area (Å²) in [5.41, 5.74) is 1.47. The van der Waals surface area contributed by atoms with Gasteiger partial charge in [-0.05, 0) is 25.0 Å². The van der Waals surface area contributed by atoms with Gasteiger partial charge in [-0.25, -0.2) is 9.78 Å². The number of aromatic carboxylic acids is 1. The fourth-order valence-corrected chi connectivity index (χ4v) is 2.44. The SMILES string of the molecule is O=C(O)c1c(C2CCC2)nc2c(Cl)cccn12. The highest BCUT2D eigenvalue weighted by Gasteiger charge is 2.29. The Hall–Kier alpha value is -1.55. The van der Waals surface area contributed by atoms with Gasteiger partial charge in [0.1, 0.15) is 0 Å². The Morgan fingerprint density at radius 3 is 2.88 bits per heavy atom. The molecule has 1 saturated carbocycles. The molecule has 0 unspecified atom stereocenters. The van der Waals surface area contributed by atoms with Gasteiger partial charge in [-0.15, -0.1) is 0 Å². The Kier molecular flexibility index (Phi) is 2.33. The fourth-order valence-electron chi connectivity index (χ4n) is 2.23. The third-order valence-electron chi connectivity index (χ3n) is 3.32. The smallest absolute Gasteiger partial charge is 0.354 e. The summed E-state index contributed by atoms with van der Waals surface area (Å²) in [5.74, 6) is -0.668. The van der Waals surface area contributed by atoms with Crippen molar-refractivity contribution in [3.8, 4) is 0 Å². The minimum atomic E-state index is -0.943. The molecule has 0 aliphatic heterocycles. The first-order valence-electron chi connectivity index (χ1n) is 5.58. The number of carboxylic acid groups (broad SMARTS) is 1. The first-order chi connectivity index (χ1) is 8.18. The maximum absolute atomic E-state index is 11.3. The van der Waals surface area contributed by atoms with E-state index in [0.717, 1.165) is 19.3 Å². The quantitative estimate of drug-likeness (QED) is 0.892. The van der Waals surface area contributed by atoms with E-state index in [9.17, 15) is 9.90 Å². The summed E-state index contributed by atoms with van der Waals surface area (Å²) in [4.78, 5) is 15.8. The van der Waals surface area contributed by atoms with Crippen molar-refractivity contribution in [1.29, 1.82) is 0 Å². The second-order valence-electron chi connectivity index (χ2n) is 4.33. The largest absolute Gasteiger partial charge is 0.477 e. The zero-order valence-corrected chi connectivity index (χ0v) is 9.81. The van der Waals surface area contributed by atoms with Crippen molar-refractivity contribution in [2.75, 3.05) is 0 Å². The van der Waals surface area contributed by atoms with Crippen LogP contribution in [-0.4, -0.2) is 20.5 Å². The zero-order valence-electron chi connectivity index (χ0n) is 9.06. The Bertz CT molecular complexity index is 602. The molecule has 2 heterocycles. The Morgan fingerprint density at radius 1 is 1.53 bits per heavy atom. The Labute approximate surface area is 103 Å². The number of fused-ring (bicyclic) bond motifs is 1. The highest BCUT2D eigenvalue weighted by Crippen LogP contribution is 2.38. The summed E-state index contributed by atoms with van der Waals surface area (Å²) in [6.07, 6.45) is 4.87. The van der Waals surface area contributed by atoms with E-state index in [4.69, 9.17) is 11.6 Å². The molecule has 0 atom stereocenters. The van der Waals surface area contributed by atoms with Crippen molar-refractivity contribution < 1.29 is 9.90 Å². The Morgan fingerprint density at radius 2 is 2.29 bits per heavy atom. The molecular weight excluding hydrogens is 240 g/mol. The number of rotatable bonds is 2. The number of hydrogen-bond acceptors (Lipinski definition) is 2. The van der Waals surface area contributed by atoms with Crippen LogP contribution in [0.2, 0.25) is 5.02 Å². The molecule has 0 radical (unpaired) electrons. The number of pyridine rings is 1. The molecule has 0 amide bonds. The molecule has 0 spiro atoms. The number of aromatic nitrogens is 2. The molecule has 5 heteroatoms. The van der Waals surface area contributed by atoms with E-state index in [2.05, 4.69) is 4.98 Å². The third kappa shape index (κ3) is 1.52. The van der Waals surface area contributed by atoms with E-state index in [-0.39, 0.29) is 11.6 Å². The van der Waals surface area contributed by atoms with Crippen LogP contribution in [0.3, 0.4) is 0 Å². The lowest BCUT2D eigenvalue weighted by Crippen LogP contribution is -2.14. The summed E-state index contributed by atoms with van der Waals surface area (Å²) >= 11 is 6.04. The minimum Gasteiger partial charge on any atom is -0.477 e. The van der Waals surface area contributed by atoms with Crippen molar-refractivity contribution in [2.24, 2.45) is 0 Å². The molecule has 1 aliphatic rings. The average Bonchev–Trinajstić information content (AvgIpc) is 2.55. The highest BCUT2D eigenvalue weighted by molar-refractivity contribution is 6.33. The fraction of sp³-hybridized carbons (Fsp3) is 0.333. The van der Waals surface area contributed by atoms with E-state index >= 15 is 0 Å². The predicted octanol–water partition coefficient (Wildman–Crippen LogP) is 2.95. The normalized spacial score (nSPS) is 16.1. The van der Waals surface area contributed by atoms with Gasteiger partial charge in [-0.1, -0.05) is 18.0 Å². The molecule has 1 N–H and O–H groups in total. The lowest BCUT2D eigenvalue weighted by atomic mass is 9.82. The van der Waals surface area contributed by atoms with E-state index in [0.29, 0.717) is 16.4 Å². The van der Waals surface area contributed by atoms with E-state index in [1.54, 1.807) is 22.7 Å². The van der Waals surface area contributed by atoms with Crippen LogP contribution >= 0.6 is 11.6 Å². The number of imidazole rings is 1. The van der Waals surface area contributed by atoms with Crippen molar-refractivity contribution in [1.82, 2.24) is 9.38 Å². The van der Waals surface area contributed by atoms with Gasteiger partial charge in [0.2, 0.25) is 0 Å². The number of nitrogens with zero attached hydrogens (tertiary/aromatic N) is 2. The average molecular weight is 251 g/mol. The van der Waals surface area contributed by atoms with Crippen LogP contribution in [0.5, 0.6) is 0 Å². The van der Waals surface area contributed by atoms with E-state index in [1.165, 1.54) is 0 Å². The molecule has 0 bridgehead atoms. The topological polar surface area (TPSA) is 54.6 Å². The molecule has 3 rings (SSSR count). The molecule has 4 nitrogen and oxygen atoms in total. The first-order valence-corrected chi connectivity index (χ1v) is 5.96. The van der Waals surface area contributed by atoms with Gasteiger partial charge in [0.15, 0.2) is 11.3 Å². The van der Waals surface area contributed by atoms with Crippen LogP contribution in [0.1, 0.15) is 41.4 Å². The van der Waals surface area contributed by atoms with Gasteiger partial charge in [0.25, 0.3) is 0 Å². The predicted molar refractivity (Wildman–Crippen MR) is 63.8 cm³/mol. The van der Waals surface area contributed by atoms with Gasteiger partial charge in [0.05, 0.1) is 10.7 Å². The van der Waals surface area contributed by atoms with Crippen molar-refractivity contribution in [3.63, 3.8) is 0 Å². The summed E-state index contributed by atoms with van der Waals surface area (Å²) in [5, 5.41) is 9.79. The van der Waals surface area contributed by atoms with E-state index in [1.807, 2.05) is 0 Å². The van der Waals surface area contributed by atoms with Gasteiger partial charge in [0, 0.05) is 12.1 Å². The lowest BCUT2D eigenvalue weighted by molar-refractivity contribution is 0.0686. The second-order valence-corrected chi connectivity index (χ2v) is 4.74. The summed E-state index contributed by atoms with van der Waals surface area (Å²) in [6.45, 7) is 0. The van der Waals surface area contributed by atoms with Gasteiger partial charge >= 0.3 is 5.97 Å². The van der Waals surface area contributed by atoms with Crippen LogP contribution in [0, 0.1) is 0 Å². The van der Waals surface area contributed by atoms with Crippen molar-refractivity contribution >= 4 is 23.2 Å². The molecule has 1 fully saturated rings. The van der Waals surface area contributed by atoms with Crippen LogP contribution in [0.15, 0.2) is 18.3 Å². The molecular formula is C12H11ClN2O2. The first kappa shape index (κ1) is 10.6. The molecule has 17 heavy (non-hydrogen) atoms. The molecule has 2 aromatic rings. The van der Waals surface area contributed by atoms with Crippen LogP contribution < -0.4 is 0 Å². The molecule has 0 saturated heterocycles. The monoisotopic (exact) mass is 250 g/mol. The maximum atomic E-state index is 11.3. The third-order valence-corrected chi connectivity index (χ3v) is 3.62. The zero-order chi connectivity index (χ0) is 12.0. The highest BCUT2D eigenvalue weighted by atomic mass is 35.5. The van der Waals surface area contributed by atoms with Crippen molar-refractivity contribution in [2.45, 2.75) is 25.2 Å². The maximum Gasteiger partial charge on any atom is 0.354 e. The Balaban J connectivity index is 2.30. The summed E-state index contributed by atoms with van der Waals surface area (Å²) < 4.78 is 1.57.